The molecule has 0 fully saturated rings. The van der Waals surface area contributed by atoms with Gasteiger partial charge in [-0.15, -0.1) is 11.3 Å². The number of hydrogen-bond donors (Lipinski definition) is 0. The maximum atomic E-state index is 9.72. The van der Waals surface area contributed by atoms with E-state index in [-0.39, 0.29) is 0 Å². The molecule has 0 aliphatic heterocycles. The maximum absolute atomic E-state index is 9.72. The second-order valence-corrected chi connectivity index (χ2v) is 7.09. The zero-order valence-electron chi connectivity index (χ0n) is 15.4. The van der Waals surface area contributed by atoms with Crippen LogP contribution in [0.3, 0.4) is 0 Å². The predicted octanol–water partition coefficient (Wildman–Crippen LogP) is 6.43. The third-order valence-corrected chi connectivity index (χ3v) is 5.31. The average molecular weight is 382 g/mol. The van der Waals surface area contributed by atoms with Crippen molar-refractivity contribution in [3.8, 4) is 23.1 Å². The second-order valence-electron chi connectivity index (χ2n) is 6.23. The fourth-order valence-corrected chi connectivity index (χ4v) is 3.89. The average Bonchev–Trinajstić information content (AvgIpc) is 3.23. The normalized spacial score (nSPS) is 11.4. The van der Waals surface area contributed by atoms with Crippen molar-refractivity contribution in [3.05, 3.63) is 82.7 Å². The topological polar surface area (TPSA) is 45.9 Å². The van der Waals surface area contributed by atoms with Gasteiger partial charge in [0.05, 0.1) is 17.9 Å². The Kier molecular flexibility index (Phi) is 5.18. The molecule has 1 aromatic heterocycles. The monoisotopic (exact) mass is 382 g/mol. The Bertz CT molecular complexity index is 1180. The highest BCUT2D eigenvalue weighted by Crippen LogP contribution is 2.29. The van der Waals surface area contributed by atoms with Gasteiger partial charge in [-0.05, 0) is 53.6 Å². The van der Waals surface area contributed by atoms with Crippen LogP contribution in [0.15, 0.2) is 72.1 Å². The molecule has 28 heavy (non-hydrogen) atoms. The van der Waals surface area contributed by atoms with Crippen molar-refractivity contribution in [2.75, 3.05) is 6.61 Å². The zero-order chi connectivity index (χ0) is 19.3. The number of aromatic nitrogens is 1. The lowest BCUT2D eigenvalue weighted by molar-refractivity contribution is 0.340. The Labute approximate surface area is 168 Å². The second kappa shape index (κ2) is 8.08. The summed E-state index contributed by atoms with van der Waals surface area (Å²) in [7, 11) is 0. The van der Waals surface area contributed by atoms with E-state index in [2.05, 4.69) is 24.3 Å². The number of nitrogens with zero attached hydrogens (tertiary/aromatic N) is 2. The van der Waals surface area contributed by atoms with E-state index >= 15 is 0 Å². The first-order chi connectivity index (χ1) is 13.8. The van der Waals surface area contributed by atoms with Gasteiger partial charge in [0.15, 0.2) is 0 Å². The van der Waals surface area contributed by atoms with E-state index in [4.69, 9.17) is 9.72 Å². The van der Waals surface area contributed by atoms with Crippen LogP contribution < -0.4 is 4.74 Å². The molecule has 0 radical (unpaired) electrons. The van der Waals surface area contributed by atoms with Crippen LogP contribution in [0, 0.1) is 11.3 Å². The molecule has 0 saturated heterocycles. The van der Waals surface area contributed by atoms with Crippen molar-refractivity contribution >= 4 is 33.8 Å². The number of rotatable bonds is 5. The lowest BCUT2D eigenvalue weighted by atomic mass is 10.0. The van der Waals surface area contributed by atoms with E-state index in [9.17, 15) is 5.26 Å². The van der Waals surface area contributed by atoms with Crippen LogP contribution in [0.2, 0.25) is 0 Å². The van der Waals surface area contributed by atoms with Crippen molar-refractivity contribution in [1.82, 2.24) is 4.98 Å². The van der Waals surface area contributed by atoms with E-state index in [1.165, 1.54) is 11.3 Å². The molecule has 4 rings (SSSR count). The summed E-state index contributed by atoms with van der Waals surface area (Å²) >= 11 is 1.48. The largest absolute Gasteiger partial charge is 0.494 e. The summed E-state index contributed by atoms with van der Waals surface area (Å²) in [5, 5.41) is 14.7. The van der Waals surface area contributed by atoms with Gasteiger partial charge >= 0.3 is 0 Å². The molecular formula is C24H18N2OS. The number of allylic oxidation sites excluding steroid dienone is 1. The van der Waals surface area contributed by atoms with Crippen molar-refractivity contribution in [1.29, 1.82) is 5.26 Å². The molecule has 0 spiro atoms. The highest BCUT2D eigenvalue weighted by atomic mass is 32.1. The molecule has 0 atom stereocenters. The van der Waals surface area contributed by atoms with Gasteiger partial charge in [0.25, 0.3) is 0 Å². The van der Waals surface area contributed by atoms with Crippen LogP contribution in [0.1, 0.15) is 17.5 Å². The summed E-state index contributed by atoms with van der Waals surface area (Å²) in [6, 6.07) is 24.5. The first kappa shape index (κ1) is 18.0. The summed E-state index contributed by atoms with van der Waals surface area (Å²) in [4.78, 5) is 4.69. The summed E-state index contributed by atoms with van der Waals surface area (Å²) in [6.07, 6.45) is 1.92. The van der Waals surface area contributed by atoms with E-state index < -0.39 is 0 Å². The van der Waals surface area contributed by atoms with Crippen LogP contribution in [-0.2, 0) is 0 Å². The third-order valence-electron chi connectivity index (χ3n) is 4.44. The van der Waals surface area contributed by atoms with E-state index in [1.54, 1.807) is 0 Å². The van der Waals surface area contributed by atoms with Crippen molar-refractivity contribution in [2.24, 2.45) is 0 Å². The van der Waals surface area contributed by atoms with E-state index in [0.717, 1.165) is 38.4 Å². The SMILES string of the molecule is CCOc1ccc(-c2csc(C(C#N)=Cc3cccc4ccccc34)n2)cc1. The maximum Gasteiger partial charge on any atom is 0.134 e. The molecule has 136 valence electrons. The highest BCUT2D eigenvalue weighted by molar-refractivity contribution is 7.11. The van der Waals surface area contributed by atoms with Gasteiger partial charge in [-0.3, -0.25) is 0 Å². The fraction of sp³-hybridized carbons (Fsp3) is 0.0833. The van der Waals surface area contributed by atoms with Crippen molar-refractivity contribution in [2.45, 2.75) is 6.92 Å². The Hall–Kier alpha value is -3.42. The van der Waals surface area contributed by atoms with Gasteiger partial charge in [-0.1, -0.05) is 42.5 Å². The van der Waals surface area contributed by atoms with E-state index in [1.807, 2.05) is 66.9 Å². The number of fused-ring (bicyclic) bond motifs is 1. The number of ether oxygens (including phenoxy) is 1. The minimum atomic E-state index is 0.568. The molecule has 3 nitrogen and oxygen atoms in total. The molecule has 1 heterocycles. The van der Waals surface area contributed by atoms with Crippen LogP contribution >= 0.6 is 11.3 Å². The van der Waals surface area contributed by atoms with Crippen LogP contribution in [0.4, 0.5) is 0 Å². The quantitative estimate of drug-likeness (QED) is 0.374. The van der Waals surface area contributed by atoms with Crippen LogP contribution in [-0.4, -0.2) is 11.6 Å². The fourth-order valence-electron chi connectivity index (χ4n) is 3.09. The molecule has 0 bridgehead atoms. The van der Waals surface area contributed by atoms with Crippen LogP contribution in [0.25, 0.3) is 33.7 Å². The molecule has 3 aromatic carbocycles. The molecule has 4 aromatic rings. The summed E-state index contributed by atoms with van der Waals surface area (Å²) in [5.74, 6) is 0.843. The third kappa shape index (κ3) is 3.66. The Balaban J connectivity index is 1.68. The molecule has 0 amide bonds. The van der Waals surface area contributed by atoms with Crippen molar-refractivity contribution < 1.29 is 4.74 Å². The Morgan fingerprint density at radius 3 is 2.64 bits per heavy atom. The lowest BCUT2D eigenvalue weighted by Gasteiger charge is -2.03. The first-order valence-corrected chi connectivity index (χ1v) is 9.95. The van der Waals surface area contributed by atoms with Gasteiger partial charge < -0.3 is 4.74 Å². The predicted molar refractivity (Wildman–Crippen MR) is 116 cm³/mol. The molecule has 0 saturated carbocycles. The minimum Gasteiger partial charge on any atom is -0.494 e. The molecular weight excluding hydrogens is 364 g/mol. The van der Waals surface area contributed by atoms with Gasteiger partial charge in [0, 0.05) is 10.9 Å². The smallest absolute Gasteiger partial charge is 0.134 e. The Morgan fingerprint density at radius 1 is 1.07 bits per heavy atom. The van der Waals surface area contributed by atoms with Gasteiger partial charge in [-0.2, -0.15) is 5.26 Å². The summed E-state index contributed by atoms with van der Waals surface area (Å²) in [5.41, 5.74) is 3.46. The van der Waals surface area contributed by atoms with Crippen LogP contribution in [0.5, 0.6) is 5.75 Å². The zero-order valence-corrected chi connectivity index (χ0v) is 16.2. The number of hydrogen-bond acceptors (Lipinski definition) is 4. The minimum absolute atomic E-state index is 0.568. The molecule has 0 aliphatic rings. The van der Waals surface area contributed by atoms with Gasteiger partial charge in [0.1, 0.15) is 16.8 Å². The standard InChI is InChI=1S/C24H18N2OS/c1-2-27-21-12-10-18(11-13-21)23-16-28-24(26-23)20(15-25)14-19-8-5-7-17-6-3-4-9-22(17)19/h3-14,16H,2H2,1H3. The molecule has 4 heteroatoms. The van der Waals surface area contributed by atoms with Gasteiger partial charge in [0.2, 0.25) is 0 Å². The van der Waals surface area contributed by atoms with E-state index in [0.29, 0.717) is 12.2 Å². The van der Waals surface area contributed by atoms with Gasteiger partial charge in [-0.25, -0.2) is 4.98 Å². The molecule has 0 aliphatic carbocycles. The molecule has 0 N–H and O–H groups in total. The number of benzene rings is 3. The summed E-state index contributed by atoms with van der Waals surface area (Å²) < 4.78 is 5.49. The first-order valence-electron chi connectivity index (χ1n) is 9.07. The van der Waals surface area contributed by atoms with Crippen molar-refractivity contribution in [3.63, 3.8) is 0 Å². The summed E-state index contributed by atoms with van der Waals surface area (Å²) in [6.45, 7) is 2.61. The lowest BCUT2D eigenvalue weighted by Crippen LogP contribution is -1.90. The molecule has 0 unspecified atom stereocenters. The Morgan fingerprint density at radius 2 is 1.86 bits per heavy atom. The number of thiazole rings is 1. The highest BCUT2D eigenvalue weighted by Gasteiger charge is 2.10. The number of nitriles is 1.